The van der Waals surface area contributed by atoms with Gasteiger partial charge in [0.2, 0.25) is 0 Å². The molecule has 0 radical (unpaired) electrons. The molecule has 0 saturated heterocycles. The zero-order valence-electron chi connectivity index (χ0n) is 17.8. The summed E-state index contributed by atoms with van der Waals surface area (Å²) >= 11 is 0. The van der Waals surface area contributed by atoms with E-state index in [1.165, 1.54) is 16.8 Å². The van der Waals surface area contributed by atoms with Gasteiger partial charge in [-0.05, 0) is 55.3 Å². The van der Waals surface area contributed by atoms with Crippen LogP contribution in [0.2, 0.25) is 0 Å². The number of hydrogen-bond donors (Lipinski definition) is 1. The van der Waals surface area contributed by atoms with Gasteiger partial charge >= 0.3 is 0 Å². The maximum atomic E-state index is 12.7. The number of ether oxygens (including phenoxy) is 2. The number of carbonyl (C=O) groups is 1. The van der Waals surface area contributed by atoms with E-state index in [0.29, 0.717) is 24.7 Å². The Morgan fingerprint density at radius 3 is 2.71 bits per heavy atom. The van der Waals surface area contributed by atoms with E-state index in [1.807, 2.05) is 38.1 Å². The third kappa shape index (κ3) is 5.60. The van der Waals surface area contributed by atoms with Crippen LogP contribution in [0.1, 0.15) is 34.0 Å². The van der Waals surface area contributed by atoms with E-state index in [-0.39, 0.29) is 11.1 Å². The van der Waals surface area contributed by atoms with E-state index in [2.05, 4.69) is 10.5 Å². The SMILES string of the molecule is CCOc1cc(/C=N\NC(=O)c2cccn(Cc3cccc(C)c3)c2=O)ccc1OC. The molecule has 0 saturated carbocycles. The molecule has 0 atom stereocenters. The molecule has 0 spiro atoms. The van der Waals surface area contributed by atoms with E-state index in [0.717, 1.165) is 16.7 Å². The molecule has 7 nitrogen and oxygen atoms in total. The van der Waals surface area contributed by atoms with Crippen molar-refractivity contribution in [2.45, 2.75) is 20.4 Å². The Morgan fingerprint density at radius 2 is 1.97 bits per heavy atom. The number of aromatic nitrogens is 1. The average molecular weight is 419 g/mol. The smallest absolute Gasteiger partial charge is 0.276 e. The molecule has 2 aromatic carbocycles. The van der Waals surface area contributed by atoms with E-state index in [4.69, 9.17) is 9.47 Å². The third-order valence-corrected chi connectivity index (χ3v) is 4.57. The highest BCUT2D eigenvalue weighted by molar-refractivity contribution is 5.94. The Hall–Kier alpha value is -3.87. The first kappa shape index (κ1) is 21.8. The monoisotopic (exact) mass is 419 g/mol. The van der Waals surface area contributed by atoms with Crippen molar-refractivity contribution in [3.8, 4) is 11.5 Å². The topological polar surface area (TPSA) is 81.9 Å². The second-order valence-corrected chi connectivity index (χ2v) is 6.89. The summed E-state index contributed by atoms with van der Waals surface area (Å²) in [6, 6.07) is 16.4. The Kier molecular flexibility index (Phi) is 7.22. The Morgan fingerprint density at radius 1 is 1.13 bits per heavy atom. The Balaban J connectivity index is 1.72. The minimum Gasteiger partial charge on any atom is -0.493 e. The quantitative estimate of drug-likeness (QED) is 0.448. The van der Waals surface area contributed by atoms with Crippen molar-refractivity contribution in [1.82, 2.24) is 9.99 Å². The standard InChI is InChI=1S/C24H25N3O4/c1-4-31-22-14-18(10-11-21(22)30-3)15-25-26-23(28)20-9-6-12-27(24(20)29)16-19-8-5-7-17(2)13-19/h5-15H,4,16H2,1-3H3,(H,26,28)/b25-15-. The van der Waals surface area contributed by atoms with Gasteiger partial charge in [-0.2, -0.15) is 5.10 Å². The summed E-state index contributed by atoms with van der Waals surface area (Å²) in [5.74, 6) is 0.627. The van der Waals surface area contributed by atoms with Crippen molar-refractivity contribution in [2.75, 3.05) is 13.7 Å². The van der Waals surface area contributed by atoms with E-state index >= 15 is 0 Å². The van der Waals surface area contributed by atoms with Crippen LogP contribution in [0.25, 0.3) is 0 Å². The van der Waals surface area contributed by atoms with Gasteiger partial charge in [0.25, 0.3) is 11.5 Å². The minimum absolute atomic E-state index is 0.0250. The van der Waals surface area contributed by atoms with Gasteiger partial charge in [-0.1, -0.05) is 29.8 Å². The van der Waals surface area contributed by atoms with Crippen LogP contribution in [-0.2, 0) is 6.54 Å². The van der Waals surface area contributed by atoms with E-state index < -0.39 is 5.91 Å². The van der Waals surface area contributed by atoms with Gasteiger partial charge in [-0.15, -0.1) is 0 Å². The van der Waals surface area contributed by atoms with Gasteiger partial charge < -0.3 is 14.0 Å². The first-order valence-electron chi connectivity index (χ1n) is 9.91. The van der Waals surface area contributed by atoms with E-state index in [9.17, 15) is 9.59 Å². The highest BCUT2D eigenvalue weighted by Gasteiger charge is 2.12. The Labute approximate surface area is 180 Å². The van der Waals surface area contributed by atoms with Crippen molar-refractivity contribution in [3.05, 3.63) is 93.4 Å². The fourth-order valence-corrected chi connectivity index (χ4v) is 3.11. The maximum Gasteiger partial charge on any atom is 0.276 e. The summed E-state index contributed by atoms with van der Waals surface area (Å²) in [6.45, 7) is 4.76. The molecule has 31 heavy (non-hydrogen) atoms. The molecule has 0 fully saturated rings. The van der Waals surface area contributed by atoms with Crippen LogP contribution in [0.5, 0.6) is 11.5 Å². The predicted molar refractivity (Wildman–Crippen MR) is 120 cm³/mol. The molecule has 1 aromatic heterocycles. The summed E-state index contributed by atoms with van der Waals surface area (Å²) < 4.78 is 12.3. The summed E-state index contributed by atoms with van der Waals surface area (Å²) in [4.78, 5) is 25.2. The van der Waals surface area contributed by atoms with Crippen molar-refractivity contribution in [1.29, 1.82) is 0 Å². The molecule has 0 aliphatic carbocycles. The number of carbonyl (C=O) groups excluding carboxylic acids is 1. The van der Waals surface area contributed by atoms with Gasteiger partial charge in [0.05, 0.1) is 26.5 Å². The van der Waals surface area contributed by atoms with Crippen LogP contribution in [0.3, 0.4) is 0 Å². The normalized spacial score (nSPS) is 10.8. The zero-order chi connectivity index (χ0) is 22.2. The van der Waals surface area contributed by atoms with Crippen LogP contribution in [0.4, 0.5) is 0 Å². The molecule has 1 heterocycles. The van der Waals surface area contributed by atoms with E-state index in [1.54, 1.807) is 37.6 Å². The lowest BCUT2D eigenvalue weighted by Crippen LogP contribution is -2.30. The first-order valence-corrected chi connectivity index (χ1v) is 9.91. The number of hydrogen-bond acceptors (Lipinski definition) is 5. The summed E-state index contributed by atoms with van der Waals surface area (Å²) in [5, 5.41) is 3.97. The lowest BCUT2D eigenvalue weighted by molar-refractivity contribution is 0.0953. The van der Waals surface area contributed by atoms with Crippen molar-refractivity contribution < 1.29 is 14.3 Å². The van der Waals surface area contributed by atoms with Crippen molar-refractivity contribution in [2.24, 2.45) is 5.10 Å². The molecule has 0 unspecified atom stereocenters. The second-order valence-electron chi connectivity index (χ2n) is 6.89. The third-order valence-electron chi connectivity index (χ3n) is 4.57. The molecule has 3 aromatic rings. The number of hydrazone groups is 1. The molecular weight excluding hydrogens is 394 g/mol. The molecule has 0 aliphatic rings. The number of amides is 1. The zero-order valence-corrected chi connectivity index (χ0v) is 17.8. The molecule has 160 valence electrons. The number of nitrogens with one attached hydrogen (secondary N) is 1. The minimum atomic E-state index is -0.571. The number of methoxy groups -OCH3 is 1. The largest absolute Gasteiger partial charge is 0.493 e. The van der Waals surface area contributed by atoms with Crippen LogP contribution >= 0.6 is 0 Å². The van der Waals surface area contributed by atoms with Gasteiger partial charge in [-0.25, -0.2) is 5.43 Å². The number of pyridine rings is 1. The lowest BCUT2D eigenvalue weighted by atomic mass is 10.1. The first-order chi connectivity index (χ1) is 15.0. The fraction of sp³-hybridized carbons (Fsp3) is 0.208. The number of aryl methyl sites for hydroxylation is 1. The molecule has 7 heteroatoms. The average Bonchev–Trinajstić information content (AvgIpc) is 2.75. The van der Waals surface area contributed by atoms with Gasteiger partial charge in [0.1, 0.15) is 5.56 Å². The highest BCUT2D eigenvalue weighted by atomic mass is 16.5. The van der Waals surface area contributed by atoms with Gasteiger partial charge in [-0.3, -0.25) is 9.59 Å². The number of nitrogens with zero attached hydrogens (tertiary/aromatic N) is 2. The van der Waals surface area contributed by atoms with Crippen LogP contribution in [0.15, 0.2) is 70.7 Å². The molecule has 0 bridgehead atoms. The number of rotatable bonds is 8. The maximum absolute atomic E-state index is 12.7. The van der Waals surface area contributed by atoms with Crippen molar-refractivity contribution in [3.63, 3.8) is 0 Å². The van der Waals surface area contributed by atoms with Crippen LogP contribution in [0, 0.1) is 6.92 Å². The summed E-state index contributed by atoms with van der Waals surface area (Å²) in [7, 11) is 1.57. The Bertz CT molecular complexity index is 1150. The molecule has 1 N–H and O–H groups in total. The highest BCUT2D eigenvalue weighted by Crippen LogP contribution is 2.27. The molecule has 0 aliphatic heterocycles. The summed E-state index contributed by atoms with van der Waals surface area (Å²) in [5.41, 5.74) is 4.88. The van der Waals surface area contributed by atoms with Crippen LogP contribution in [-0.4, -0.2) is 30.4 Å². The van der Waals surface area contributed by atoms with Gasteiger partial charge in [0.15, 0.2) is 11.5 Å². The predicted octanol–water partition coefficient (Wildman–Crippen LogP) is 3.38. The van der Waals surface area contributed by atoms with Crippen molar-refractivity contribution >= 4 is 12.1 Å². The molecule has 1 amide bonds. The number of benzene rings is 2. The molecule has 3 rings (SSSR count). The lowest BCUT2D eigenvalue weighted by Gasteiger charge is -2.09. The van der Waals surface area contributed by atoms with Gasteiger partial charge in [0, 0.05) is 6.20 Å². The molecular formula is C24H25N3O4. The fourth-order valence-electron chi connectivity index (χ4n) is 3.11. The summed E-state index contributed by atoms with van der Waals surface area (Å²) in [6.07, 6.45) is 3.14. The second kappa shape index (κ2) is 10.2. The van der Waals surface area contributed by atoms with Crippen LogP contribution < -0.4 is 20.5 Å².